The average molecular weight is 326 g/mol. The van der Waals surface area contributed by atoms with Crippen LogP contribution in [0.3, 0.4) is 0 Å². The molecule has 1 saturated heterocycles. The summed E-state index contributed by atoms with van der Waals surface area (Å²) in [5, 5.41) is 12.3. The molecule has 6 nitrogen and oxygen atoms in total. The smallest absolute Gasteiger partial charge is 0.247 e. The number of aromatic nitrogens is 3. The average Bonchev–Trinajstić information content (AvgIpc) is 2.51. The first-order valence-corrected chi connectivity index (χ1v) is 7.22. The highest BCUT2D eigenvalue weighted by atomic mass is 35.5. The largest absolute Gasteiger partial charge is 0.378 e. The van der Waals surface area contributed by atoms with Crippen LogP contribution in [0.1, 0.15) is 0 Å². The van der Waals surface area contributed by atoms with Gasteiger partial charge in [-0.3, -0.25) is 0 Å². The van der Waals surface area contributed by atoms with Crippen molar-refractivity contribution in [3.05, 3.63) is 34.4 Å². The van der Waals surface area contributed by atoms with Crippen molar-refractivity contribution in [1.29, 1.82) is 0 Å². The van der Waals surface area contributed by atoms with E-state index in [0.29, 0.717) is 35.0 Å². The molecule has 3 rings (SSSR count). The molecule has 2 heterocycles. The minimum atomic E-state index is 0.522. The Labute approximate surface area is 132 Å². The number of hydrogen-bond acceptors (Lipinski definition) is 6. The fraction of sp³-hybridized carbons (Fsp3) is 0.308. The molecule has 8 heteroatoms. The molecule has 1 aromatic carbocycles. The summed E-state index contributed by atoms with van der Waals surface area (Å²) in [4.78, 5) is 6.48. The van der Waals surface area contributed by atoms with Gasteiger partial charge in [-0.05, 0) is 18.2 Å². The molecule has 21 heavy (non-hydrogen) atoms. The van der Waals surface area contributed by atoms with Gasteiger partial charge in [-0.15, -0.1) is 5.10 Å². The molecule has 1 aromatic heterocycles. The number of rotatable bonds is 3. The molecule has 1 N–H and O–H groups in total. The molecule has 0 amide bonds. The van der Waals surface area contributed by atoms with Crippen LogP contribution in [0.5, 0.6) is 0 Å². The van der Waals surface area contributed by atoms with Crippen LogP contribution in [0, 0.1) is 0 Å². The summed E-state index contributed by atoms with van der Waals surface area (Å²) in [5.41, 5.74) is 0.717. The molecule has 0 aliphatic carbocycles. The van der Waals surface area contributed by atoms with E-state index in [1.807, 2.05) is 4.90 Å². The Morgan fingerprint density at radius 3 is 2.76 bits per heavy atom. The number of nitrogens with one attached hydrogen (secondary N) is 1. The van der Waals surface area contributed by atoms with Gasteiger partial charge in [0.15, 0.2) is 5.82 Å². The lowest BCUT2D eigenvalue weighted by Gasteiger charge is -2.26. The topological polar surface area (TPSA) is 63.2 Å². The number of ether oxygens (including phenoxy) is 1. The third kappa shape index (κ3) is 3.53. The zero-order valence-corrected chi connectivity index (χ0v) is 12.6. The van der Waals surface area contributed by atoms with Crippen molar-refractivity contribution < 1.29 is 4.74 Å². The second-order valence-electron chi connectivity index (χ2n) is 4.49. The molecule has 1 fully saturated rings. The van der Waals surface area contributed by atoms with E-state index in [1.54, 1.807) is 24.4 Å². The maximum atomic E-state index is 6.13. The summed E-state index contributed by atoms with van der Waals surface area (Å²) in [6, 6.07) is 5.22. The van der Waals surface area contributed by atoms with Crippen LogP contribution in [0.2, 0.25) is 10.0 Å². The lowest BCUT2D eigenvalue weighted by molar-refractivity contribution is 0.122. The highest BCUT2D eigenvalue weighted by Crippen LogP contribution is 2.27. The summed E-state index contributed by atoms with van der Waals surface area (Å²) in [5.74, 6) is 1.16. The Hall–Kier alpha value is -1.63. The number of anilines is 3. The first-order valence-electron chi connectivity index (χ1n) is 6.47. The fourth-order valence-corrected chi connectivity index (χ4v) is 2.44. The molecule has 0 saturated carbocycles. The molecule has 0 spiro atoms. The molecule has 0 atom stereocenters. The monoisotopic (exact) mass is 325 g/mol. The lowest BCUT2D eigenvalue weighted by Crippen LogP contribution is -2.37. The van der Waals surface area contributed by atoms with Gasteiger partial charge in [0.2, 0.25) is 5.95 Å². The van der Waals surface area contributed by atoms with Crippen LogP contribution >= 0.6 is 23.2 Å². The van der Waals surface area contributed by atoms with Gasteiger partial charge < -0.3 is 15.0 Å². The van der Waals surface area contributed by atoms with E-state index in [1.165, 1.54) is 0 Å². The Balaban J connectivity index is 1.79. The van der Waals surface area contributed by atoms with Gasteiger partial charge >= 0.3 is 0 Å². The van der Waals surface area contributed by atoms with E-state index in [0.717, 1.165) is 18.8 Å². The third-order valence-electron chi connectivity index (χ3n) is 3.04. The standard InChI is InChI=1S/C13H13Cl2N5O/c14-9-1-2-11(10(15)7-9)17-12-8-16-19-13(18-12)20-3-5-21-6-4-20/h1-2,7-8H,3-6H2,(H,17,18,19). The number of hydrogen-bond donors (Lipinski definition) is 1. The molecule has 110 valence electrons. The van der Waals surface area contributed by atoms with E-state index < -0.39 is 0 Å². The number of halogens is 2. The number of morpholine rings is 1. The van der Waals surface area contributed by atoms with Crippen molar-refractivity contribution in [2.45, 2.75) is 0 Å². The fourth-order valence-electron chi connectivity index (χ4n) is 1.98. The van der Waals surface area contributed by atoms with Gasteiger partial charge in [-0.25, -0.2) is 0 Å². The van der Waals surface area contributed by atoms with Crippen molar-refractivity contribution >= 4 is 40.7 Å². The Kier molecular flexibility index (Phi) is 4.38. The summed E-state index contributed by atoms with van der Waals surface area (Å²) >= 11 is 12.0. The second-order valence-corrected chi connectivity index (χ2v) is 5.33. The maximum Gasteiger partial charge on any atom is 0.247 e. The van der Waals surface area contributed by atoms with Crippen LogP contribution in [0.4, 0.5) is 17.5 Å². The van der Waals surface area contributed by atoms with Crippen molar-refractivity contribution in [2.75, 3.05) is 36.5 Å². The lowest BCUT2D eigenvalue weighted by atomic mass is 10.3. The Bertz CT molecular complexity index is 634. The normalized spacial score (nSPS) is 15.0. The Morgan fingerprint density at radius 1 is 1.19 bits per heavy atom. The van der Waals surface area contributed by atoms with E-state index in [4.69, 9.17) is 27.9 Å². The van der Waals surface area contributed by atoms with Crippen molar-refractivity contribution in [3.8, 4) is 0 Å². The van der Waals surface area contributed by atoms with Gasteiger partial charge in [0, 0.05) is 18.1 Å². The summed E-state index contributed by atoms with van der Waals surface area (Å²) in [7, 11) is 0. The molecule has 0 radical (unpaired) electrons. The second kappa shape index (κ2) is 6.43. The molecule has 0 bridgehead atoms. The molecular weight excluding hydrogens is 313 g/mol. The van der Waals surface area contributed by atoms with E-state index in [-0.39, 0.29) is 0 Å². The summed E-state index contributed by atoms with van der Waals surface area (Å²) in [6.45, 7) is 2.85. The highest BCUT2D eigenvalue weighted by Gasteiger charge is 2.15. The molecule has 2 aromatic rings. The van der Waals surface area contributed by atoms with E-state index >= 15 is 0 Å². The van der Waals surface area contributed by atoms with E-state index in [2.05, 4.69) is 20.5 Å². The first-order chi connectivity index (χ1) is 10.2. The van der Waals surface area contributed by atoms with Crippen molar-refractivity contribution in [3.63, 3.8) is 0 Å². The molecule has 1 aliphatic heterocycles. The number of benzene rings is 1. The van der Waals surface area contributed by atoms with E-state index in [9.17, 15) is 0 Å². The van der Waals surface area contributed by atoms with Crippen molar-refractivity contribution in [2.24, 2.45) is 0 Å². The highest BCUT2D eigenvalue weighted by molar-refractivity contribution is 6.36. The van der Waals surface area contributed by atoms with Crippen LogP contribution in [0.25, 0.3) is 0 Å². The molecule has 1 aliphatic rings. The third-order valence-corrected chi connectivity index (χ3v) is 3.58. The summed E-state index contributed by atoms with van der Waals surface area (Å²) in [6.07, 6.45) is 1.55. The van der Waals surface area contributed by atoms with Gasteiger partial charge in [-0.2, -0.15) is 10.1 Å². The van der Waals surface area contributed by atoms with Crippen molar-refractivity contribution in [1.82, 2.24) is 15.2 Å². The summed E-state index contributed by atoms with van der Waals surface area (Å²) < 4.78 is 5.31. The van der Waals surface area contributed by atoms with Gasteiger partial charge in [0.1, 0.15) is 0 Å². The quantitative estimate of drug-likeness (QED) is 0.936. The first kappa shape index (κ1) is 14.3. The molecule has 0 unspecified atom stereocenters. The predicted octanol–water partition coefficient (Wildman–Crippen LogP) is 2.76. The zero-order chi connectivity index (χ0) is 14.7. The van der Waals surface area contributed by atoms with Gasteiger partial charge in [-0.1, -0.05) is 23.2 Å². The Morgan fingerprint density at radius 2 is 2.00 bits per heavy atom. The zero-order valence-electron chi connectivity index (χ0n) is 11.1. The van der Waals surface area contributed by atoms with Crippen LogP contribution in [0.15, 0.2) is 24.4 Å². The van der Waals surface area contributed by atoms with Gasteiger partial charge in [0.25, 0.3) is 0 Å². The SMILES string of the molecule is Clc1ccc(Nc2cnnc(N3CCOCC3)n2)c(Cl)c1. The predicted molar refractivity (Wildman–Crippen MR) is 82.6 cm³/mol. The maximum absolute atomic E-state index is 6.13. The van der Waals surface area contributed by atoms with Gasteiger partial charge in [0.05, 0.1) is 30.1 Å². The number of nitrogens with zero attached hydrogens (tertiary/aromatic N) is 4. The van der Waals surface area contributed by atoms with Crippen LogP contribution < -0.4 is 10.2 Å². The minimum absolute atomic E-state index is 0.522. The molecular formula is C13H13Cl2N5O. The minimum Gasteiger partial charge on any atom is -0.378 e. The van der Waals surface area contributed by atoms with Crippen LogP contribution in [-0.4, -0.2) is 41.5 Å². The van der Waals surface area contributed by atoms with Crippen LogP contribution in [-0.2, 0) is 4.74 Å².